The monoisotopic (exact) mass is 858 g/mol. The summed E-state index contributed by atoms with van der Waals surface area (Å²) in [5.41, 5.74) is 12.6. The molecule has 0 aliphatic heterocycles. The number of nitriles is 2. The highest BCUT2D eigenvalue weighted by Gasteiger charge is 2.34. The predicted octanol–water partition coefficient (Wildman–Crippen LogP) is 15.9. The molecule has 0 atom stereocenters. The fourth-order valence-electron chi connectivity index (χ4n) is 9.70. The number of hydrogen-bond donors (Lipinski definition) is 0. The second-order valence-corrected chi connectivity index (χ2v) is 16.9. The summed E-state index contributed by atoms with van der Waals surface area (Å²) in [4.78, 5) is 0. The fraction of sp³-hybridized carbons (Fsp3) is 0.0508. The molecule has 0 unspecified atom stereocenters. The molecule has 0 amide bonds. The summed E-state index contributed by atoms with van der Waals surface area (Å²) in [5.74, 6) is 0. The summed E-state index contributed by atoms with van der Waals surface area (Å²) in [6.07, 6.45) is -4.74. The molecule has 0 saturated heterocycles. The van der Waals surface area contributed by atoms with Crippen LogP contribution in [0.5, 0.6) is 0 Å². The lowest BCUT2D eigenvalue weighted by Crippen LogP contribution is -2.08. The first-order chi connectivity index (χ1) is 32.1. The largest absolute Gasteiger partial charge is 0.417 e. The maximum atomic E-state index is 14.9. The van der Waals surface area contributed by atoms with Crippen molar-refractivity contribution in [3.63, 3.8) is 0 Å². The maximum absolute atomic E-state index is 14.9. The number of halogens is 3. The van der Waals surface area contributed by atoms with Gasteiger partial charge in [-0.05, 0) is 126 Å². The van der Waals surface area contributed by atoms with Crippen LogP contribution in [0.2, 0.25) is 0 Å². The first kappa shape index (κ1) is 40.1. The van der Waals surface area contributed by atoms with Gasteiger partial charge in [-0.1, -0.05) is 120 Å². The molecule has 0 aliphatic carbocycles. The van der Waals surface area contributed by atoms with Gasteiger partial charge in [0.2, 0.25) is 0 Å². The Labute approximate surface area is 378 Å². The minimum atomic E-state index is -4.74. The van der Waals surface area contributed by atoms with Crippen LogP contribution in [0, 0.1) is 36.5 Å². The number of rotatable bonds is 6. The zero-order valence-electron chi connectivity index (χ0n) is 35.8. The minimum absolute atomic E-state index is 0.0687. The smallest absolute Gasteiger partial charge is 0.309 e. The highest BCUT2D eigenvalue weighted by atomic mass is 19.4. The maximum Gasteiger partial charge on any atom is 0.417 e. The molecule has 0 saturated carbocycles. The SMILES string of the molecule is Cc1cccc(-c2ccc3c(c2)c2ccccc2n3-c2ccc(C#N)c(-c3cc(-c4ccc(C#N)cc4C(F)(F)F)ccc3-n3c4ccccc4c4cc(-c5cccc(C)c5)ccc43)c2)c1. The molecule has 7 heteroatoms. The number of nitrogens with zero attached hydrogens (tertiary/aromatic N) is 4. The van der Waals surface area contributed by atoms with Crippen LogP contribution in [0.3, 0.4) is 0 Å². The van der Waals surface area contributed by atoms with Gasteiger partial charge in [0.1, 0.15) is 0 Å². The van der Waals surface area contributed by atoms with Crippen molar-refractivity contribution in [2.24, 2.45) is 0 Å². The van der Waals surface area contributed by atoms with Gasteiger partial charge in [0.05, 0.1) is 56.6 Å². The van der Waals surface area contributed by atoms with Gasteiger partial charge in [-0.2, -0.15) is 23.7 Å². The predicted molar refractivity (Wildman–Crippen MR) is 261 cm³/mol. The number of alkyl halides is 3. The minimum Gasteiger partial charge on any atom is -0.309 e. The van der Waals surface area contributed by atoms with E-state index in [1.165, 1.54) is 17.7 Å². The van der Waals surface area contributed by atoms with Crippen LogP contribution in [0.15, 0.2) is 188 Å². The van der Waals surface area contributed by atoms with E-state index in [1.54, 1.807) is 18.2 Å². The summed E-state index contributed by atoms with van der Waals surface area (Å²) in [6.45, 7) is 4.16. The van der Waals surface area contributed by atoms with Gasteiger partial charge in [0.25, 0.3) is 0 Å². The Morgan fingerprint density at radius 1 is 0.409 bits per heavy atom. The Kier molecular flexibility index (Phi) is 9.46. The first-order valence-corrected chi connectivity index (χ1v) is 21.6. The molecular formula is C59H37F3N4. The van der Waals surface area contributed by atoms with E-state index in [4.69, 9.17) is 0 Å². The Hall–Kier alpha value is -8.65. The third kappa shape index (κ3) is 6.69. The number of fused-ring (bicyclic) bond motifs is 6. The number of aromatic nitrogens is 2. The second kappa shape index (κ2) is 15.6. The van der Waals surface area contributed by atoms with Gasteiger partial charge < -0.3 is 9.13 Å². The molecule has 2 aromatic heterocycles. The highest BCUT2D eigenvalue weighted by Crippen LogP contribution is 2.44. The Morgan fingerprint density at radius 2 is 0.970 bits per heavy atom. The van der Waals surface area contributed by atoms with E-state index in [9.17, 15) is 23.7 Å². The zero-order valence-corrected chi connectivity index (χ0v) is 35.8. The van der Waals surface area contributed by atoms with Crippen molar-refractivity contribution in [2.45, 2.75) is 20.0 Å². The number of para-hydroxylation sites is 2. The van der Waals surface area contributed by atoms with Crippen LogP contribution in [0.4, 0.5) is 13.2 Å². The van der Waals surface area contributed by atoms with E-state index in [-0.39, 0.29) is 11.1 Å². The van der Waals surface area contributed by atoms with Gasteiger partial charge in [-0.15, -0.1) is 0 Å². The molecule has 0 aliphatic rings. The molecule has 0 N–H and O–H groups in total. The van der Waals surface area contributed by atoms with Gasteiger partial charge >= 0.3 is 6.18 Å². The van der Waals surface area contributed by atoms with Crippen LogP contribution < -0.4 is 0 Å². The van der Waals surface area contributed by atoms with Crippen molar-refractivity contribution in [3.8, 4) is 68.0 Å². The highest BCUT2D eigenvalue weighted by molar-refractivity contribution is 6.12. The van der Waals surface area contributed by atoms with E-state index in [1.807, 2.05) is 60.7 Å². The summed E-state index contributed by atoms with van der Waals surface area (Å²) in [6, 6.07) is 65.0. The fourth-order valence-corrected chi connectivity index (χ4v) is 9.70. The first-order valence-electron chi connectivity index (χ1n) is 21.6. The molecule has 0 spiro atoms. The van der Waals surface area contributed by atoms with Crippen LogP contribution in [0.25, 0.3) is 99.5 Å². The van der Waals surface area contributed by atoms with Crippen molar-refractivity contribution >= 4 is 43.6 Å². The third-order valence-electron chi connectivity index (χ3n) is 12.7. The normalized spacial score (nSPS) is 11.7. The van der Waals surface area contributed by atoms with Crippen molar-refractivity contribution in [1.82, 2.24) is 9.13 Å². The molecule has 11 rings (SSSR count). The molecule has 2 heterocycles. The molecule has 0 bridgehead atoms. The van der Waals surface area contributed by atoms with Crippen LogP contribution in [0.1, 0.15) is 27.8 Å². The lowest BCUT2D eigenvalue weighted by molar-refractivity contribution is -0.137. The topological polar surface area (TPSA) is 57.4 Å². The Bertz CT molecular complexity index is 3870. The van der Waals surface area contributed by atoms with E-state index >= 15 is 0 Å². The van der Waals surface area contributed by atoms with Gasteiger partial charge in [0, 0.05) is 38.4 Å². The van der Waals surface area contributed by atoms with Crippen molar-refractivity contribution in [3.05, 3.63) is 216 Å². The van der Waals surface area contributed by atoms with Crippen LogP contribution >= 0.6 is 0 Å². The Morgan fingerprint density at radius 3 is 1.56 bits per heavy atom. The molecule has 0 radical (unpaired) electrons. The van der Waals surface area contributed by atoms with Crippen LogP contribution in [-0.2, 0) is 6.18 Å². The number of hydrogen-bond acceptors (Lipinski definition) is 2. The molecular weight excluding hydrogens is 822 g/mol. The number of benzene rings is 9. The lowest BCUT2D eigenvalue weighted by atomic mass is 9.91. The summed E-state index contributed by atoms with van der Waals surface area (Å²) in [7, 11) is 0. The molecule has 4 nitrogen and oxygen atoms in total. The Balaban J connectivity index is 1.19. The number of aryl methyl sites for hydroxylation is 2. The quantitative estimate of drug-likeness (QED) is 0.167. The van der Waals surface area contributed by atoms with Crippen molar-refractivity contribution in [2.75, 3.05) is 0 Å². The molecule has 0 fully saturated rings. The van der Waals surface area contributed by atoms with E-state index < -0.39 is 11.7 Å². The average molecular weight is 859 g/mol. The lowest BCUT2D eigenvalue weighted by Gasteiger charge is -2.19. The molecule has 314 valence electrons. The van der Waals surface area contributed by atoms with E-state index in [0.717, 1.165) is 83.2 Å². The standard InChI is InChI=1S/C59H37F3N4/c1-36-9-7-11-39(27-36)41-19-24-56-50(30-41)47-13-3-5-15-54(47)65(56)45-22-18-44(35-64)49(33-45)52-32-43(46-23-17-38(34-63)29-53(46)59(60,61)62)21-26-58(52)66-55-16-6-4-14-48(55)51-31-42(20-25-57(51)66)40-12-8-10-37(2)28-40/h3-33H,1-2H3. The van der Waals surface area contributed by atoms with Crippen molar-refractivity contribution in [1.29, 1.82) is 10.5 Å². The van der Waals surface area contributed by atoms with Crippen LogP contribution in [-0.4, -0.2) is 9.13 Å². The van der Waals surface area contributed by atoms with Gasteiger partial charge in [-0.3, -0.25) is 0 Å². The molecule has 66 heavy (non-hydrogen) atoms. The molecule has 11 aromatic rings. The molecule has 9 aromatic carbocycles. The third-order valence-corrected chi connectivity index (χ3v) is 12.7. The van der Waals surface area contributed by atoms with Gasteiger partial charge in [-0.25, -0.2) is 0 Å². The summed E-state index contributed by atoms with van der Waals surface area (Å²) < 4.78 is 48.9. The second-order valence-electron chi connectivity index (χ2n) is 16.9. The van der Waals surface area contributed by atoms with E-state index in [2.05, 4.69) is 126 Å². The summed E-state index contributed by atoms with van der Waals surface area (Å²) >= 11 is 0. The zero-order chi connectivity index (χ0) is 45.3. The van der Waals surface area contributed by atoms with Crippen molar-refractivity contribution < 1.29 is 13.2 Å². The van der Waals surface area contributed by atoms with Gasteiger partial charge in [0.15, 0.2) is 0 Å². The summed E-state index contributed by atoms with van der Waals surface area (Å²) in [5, 5.41) is 24.6. The average Bonchev–Trinajstić information content (AvgIpc) is 3.85. The van der Waals surface area contributed by atoms with E-state index in [0.29, 0.717) is 27.9 Å².